The lowest BCUT2D eigenvalue weighted by atomic mass is 10.1. The number of piperidine rings is 1. The molecule has 0 spiro atoms. The Balaban J connectivity index is 0.00000312. The van der Waals surface area contributed by atoms with Crippen molar-refractivity contribution in [3.63, 3.8) is 0 Å². The second-order valence-electron chi connectivity index (χ2n) is 6.24. The van der Waals surface area contributed by atoms with Gasteiger partial charge in [0.1, 0.15) is 0 Å². The van der Waals surface area contributed by atoms with E-state index in [-0.39, 0.29) is 36.1 Å². The molecule has 0 unspecified atom stereocenters. The maximum atomic E-state index is 11.7. The number of rotatable bonds is 4. The minimum Gasteiger partial charge on any atom is -0.450 e. The number of benzene rings is 1. The van der Waals surface area contributed by atoms with Gasteiger partial charge in [-0.05, 0) is 44.7 Å². The standard InChI is InChI=1S/C18H28N4O2.HI/c1-4-24-18(23)22-9-7-16(8-10-22)21-17(19)20-12-15-6-5-13(2)11-14(15)3;/h5-6,11,16H,4,7-10,12H2,1-3H3,(H3,19,20,21);1H. The summed E-state index contributed by atoms with van der Waals surface area (Å²) in [6, 6.07) is 6.59. The number of aryl methyl sites for hydroxylation is 2. The zero-order valence-electron chi connectivity index (χ0n) is 15.2. The monoisotopic (exact) mass is 460 g/mol. The van der Waals surface area contributed by atoms with Crippen molar-refractivity contribution in [2.24, 2.45) is 10.7 Å². The van der Waals surface area contributed by atoms with E-state index in [1.807, 2.05) is 6.92 Å². The van der Waals surface area contributed by atoms with E-state index in [9.17, 15) is 4.79 Å². The molecule has 0 bridgehead atoms. The summed E-state index contributed by atoms with van der Waals surface area (Å²) in [6.07, 6.45) is 1.46. The Bertz CT molecular complexity index is 599. The van der Waals surface area contributed by atoms with Gasteiger partial charge in [-0.3, -0.25) is 0 Å². The van der Waals surface area contributed by atoms with Gasteiger partial charge < -0.3 is 20.7 Å². The fourth-order valence-corrected chi connectivity index (χ4v) is 2.87. The number of halogens is 1. The molecule has 1 aromatic rings. The molecule has 1 heterocycles. The van der Waals surface area contributed by atoms with Crippen LogP contribution in [0.25, 0.3) is 0 Å². The molecule has 1 aromatic carbocycles. The maximum Gasteiger partial charge on any atom is 0.409 e. The average molecular weight is 460 g/mol. The van der Waals surface area contributed by atoms with E-state index < -0.39 is 0 Å². The number of nitrogens with zero attached hydrogens (tertiary/aromatic N) is 2. The highest BCUT2D eigenvalue weighted by Crippen LogP contribution is 2.13. The van der Waals surface area contributed by atoms with E-state index in [2.05, 4.69) is 42.4 Å². The first kappa shape index (κ1) is 21.5. The van der Waals surface area contributed by atoms with E-state index in [1.165, 1.54) is 16.7 Å². The highest BCUT2D eigenvalue weighted by atomic mass is 127. The van der Waals surface area contributed by atoms with Gasteiger partial charge in [-0.1, -0.05) is 23.8 Å². The van der Waals surface area contributed by atoms with Crippen molar-refractivity contribution in [2.75, 3.05) is 19.7 Å². The molecule has 0 atom stereocenters. The molecule has 2 rings (SSSR count). The number of nitrogens with one attached hydrogen (secondary N) is 1. The first-order valence-electron chi connectivity index (χ1n) is 8.54. The van der Waals surface area contributed by atoms with Crippen LogP contribution >= 0.6 is 24.0 Å². The largest absolute Gasteiger partial charge is 0.450 e. The minimum atomic E-state index is -0.229. The van der Waals surface area contributed by atoms with Crippen LogP contribution in [-0.2, 0) is 11.3 Å². The SMILES string of the molecule is CCOC(=O)N1CCC(NC(N)=NCc2ccc(C)cc2C)CC1.I. The van der Waals surface area contributed by atoms with Crippen LogP contribution in [0, 0.1) is 13.8 Å². The summed E-state index contributed by atoms with van der Waals surface area (Å²) >= 11 is 0. The van der Waals surface area contributed by atoms with Crippen LogP contribution in [0.5, 0.6) is 0 Å². The molecule has 1 saturated heterocycles. The predicted octanol–water partition coefficient (Wildman–Crippen LogP) is 2.95. The molecule has 7 heteroatoms. The number of carbonyl (C=O) groups excluding carboxylic acids is 1. The van der Waals surface area contributed by atoms with E-state index in [0.717, 1.165) is 12.8 Å². The number of carbonyl (C=O) groups is 1. The van der Waals surface area contributed by atoms with E-state index >= 15 is 0 Å². The lowest BCUT2D eigenvalue weighted by Crippen LogP contribution is -2.48. The lowest BCUT2D eigenvalue weighted by molar-refractivity contribution is 0.0963. The van der Waals surface area contributed by atoms with Crippen LogP contribution in [0.4, 0.5) is 4.79 Å². The van der Waals surface area contributed by atoms with Gasteiger partial charge in [0.05, 0.1) is 13.2 Å². The van der Waals surface area contributed by atoms with Crippen molar-refractivity contribution in [2.45, 2.75) is 46.2 Å². The van der Waals surface area contributed by atoms with Crippen molar-refractivity contribution in [3.8, 4) is 0 Å². The molecule has 25 heavy (non-hydrogen) atoms. The third-order valence-corrected chi connectivity index (χ3v) is 4.29. The number of ether oxygens (including phenoxy) is 1. The summed E-state index contributed by atoms with van der Waals surface area (Å²) in [5, 5.41) is 3.26. The van der Waals surface area contributed by atoms with Gasteiger partial charge >= 0.3 is 6.09 Å². The fraction of sp³-hybridized carbons (Fsp3) is 0.556. The molecule has 1 aliphatic rings. The zero-order valence-corrected chi connectivity index (χ0v) is 17.6. The van der Waals surface area contributed by atoms with Crippen LogP contribution in [0.1, 0.15) is 36.5 Å². The summed E-state index contributed by atoms with van der Waals surface area (Å²) in [5.41, 5.74) is 9.67. The Morgan fingerprint density at radius 1 is 1.36 bits per heavy atom. The molecule has 1 amide bonds. The second kappa shape index (κ2) is 10.5. The van der Waals surface area contributed by atoms with Gasteiger partial charge in [0, 0.05) is 19.1 Å². The molecule has 0 aliphatic carbocycles. The van der Waals surface area contributed by atoms with Gasteiger partial charge in [-0.15, -0.1) is 24.0 Å². The topological polar surface area (TPSA) is 80.0 Å². The molecular weight excluding hydrogens is 431 g/mol. The van der Waals surface area contributed by atoms with Crippen molar-refractivity contribution >= 4 is 36.0 Å². The third-order valence-electron chi connectivity index (χ3n) is 4.29. The van der Waals surface area contributed by atoms with E-state index in [0.29, 0.717) is 32.2 Å². The number of nitrogens with two attached hydrogens (primary N) is 1. The van der Waals surface area contributed by atoms with Crippen LogP contribution in [-0.4, -0.2) is 42.7 Å². The fourth-order valence-electron chi connectivity index (χ4n) is 2.87. The number of likely N-dealkylation sites (tertiary alicyclic amines) is 1. The zero-order chi connectivity index (χ0) is 17.5. The van der Waals surface area contributed by atoms with Crippen molar-refractivity contribution in [1.29, 1.82) is 0 Å². The number of hydrogen-bond donors (Lipinski definition) is 2. The normalized spacial score (nSPS) is 15.5. The molecular formula is C18H29IN4O2. The highest BCUT2D eigenvalue weighted by Gasteiger charge is 2.23. The Kier molecular flexibility index (Phi) is 9.02. The van der Waals surface area contributed by atoms with Gasteiger partial charge in [0.2, 0.25) is 0 Å². The lowest BCUT2D eigenvalue weighted by Gasteiger charge is -2.31. The number of hydrogen-bond acceptors (Lipinski definition) is 3. The summed E-state index contributed by atoms with van der Waals surface area (Å²) in [5.74, 6) is 0.463. The molecule has 140 valence electrons. The Morgan fingerprint density at radius 2 is 2.04 bits per heavy atom. The predicted molar refractivity (Wildman–Crippen MR) is 111 cm³/mol. The van der Waals surface area contributed by atoms with Crippen LogP contribution in [0.3, 0.4) is 0 Å². The Labute approximate surface area is 167 Å². The number of aliphatic imine (C=N–C) groups is 1. The van der Waals surface area contributed by atoms with Gasteiger partial charge in [0.25, 0.3) is 0 Å². The molecule has 1 fully saturated rings. The molecule has 0 saturated carbocycles. The highest BCUT2D eigenvalue weighted by molar-refractivity contribution is 14.0. The minimum absolute atomic E-state index is 0. The van der Waals surface area contributed by atoms with Crippen LogP contribution < -0.4 is 11.1 Å². The first-order valence-corrected chi connectivity index (χ1v) is 8.54. The maximum absolute atomic E-state index is 11.7. The van der Waals surface area contributed by atoms with E-state index in [1.54, 1.807) is 4.90 Å². The molecule has 0 aromatic heterocycles. The van der Waals surface area contributed by atoms with Crippen LogP contribution in [0.15, 0.2) is 23.2 Å². The summed E-state index contributed by atoms with van der Waals surface area (Å²) < 4.78 is 5.02. The summed E-state index contributed by atoms with van der Waals surface area (Å²) in [4.78, 5) is 17.9. The smallest absolute Gasteiger partial charge is 0.409 e. The van der Waals surface area contributed by atoms with Gasteiger partial charge in [0.15, 0.2) is 5.96 Å². The van der Waals surface area contributed by atoms with Crippen molar-refractivity contribution < 1.29 is 9.53 Å². The number of guanidine groups is 1. The van der Waals surface area contributed by atoms with Crippen molar-refractivity contribution in [1.82, 2.24) is 10.2 Å². The van der Waals surface area contributed by atoms with Crippen LogP contribution in [0.2, 0.25) is 0 Å². The summed E-state index contributed by atoms with van der Waals surface area (Å²) in [7, 11) is 0. The van der Waals surface area contributed by atoms with Gasteiger partial charge in [-0.2, -0.15) is 0 Å². The average Bonchev–Trinajstić information content (AvgIpc) is 2.55. The third kappa shape index (κ3) is 6.72. The number of amides is 1. The molecule has 6 nitrogen and oxygen atoms in total. The second-order valence-corrected chi connectivity index (χ2v) is 6.24. The summed E-state index contributed by atoms with van der Waals surface area (Å²) in [6.45, 7) is 8.34. The van der Waals surface area contributed by atoms with Gasteiger partial charge in [-0.25, -0.2) is 9.79 Å². The Hall–Kier alpha value is -1.51. The molecule has 0 radical (unpaired) electrons. The van der Waals surface area contributed by atoms with E-state index in [4.69, 9.17) is 10.5 Å². The Morgan fingerprint density at radius 3 is 2.64 bits per heavy atom. The molecule has 1 aliphatic heterocycles. The molecule has 3 N–H and O–H groups in total. The quantitative estimate of drug-likeness (QED) is 0.412. The first-order chi connectivity index (χ1) is 11.5. The van der Waals surface area contributed by atoms with Crippen molar-refractivity contribution in [3.05, 3.63) is 34.9 Å².